The summed E-state index contributed by atoms with van der Waals surface area (Å²) in [5.41, 5.74) is 2.55. The second-order valence-corrected chi connectivity index (χ2v) is 10.4. The summed E-state index contributed by atoms with van der Waals surface area (Å²) in [7, 11) is -3.31. The molecular formula is C21H29N3O4S. The standard InChI is InChI=1S/C21H29N3O4S/c1-13(2)29(26,27)24-19-8-5-16(11-15(19)4)20(25)23-18-7-6-17(12-14(18)3)21-22-9-10-28-21/h6-7,9-10,12-13,15-16,19,24H,5,8,11H2,1-4H3,(H,23,25)/t15?,16-,19-/m1/s1. The maximum Gasteiger partial charge on any atom is 0.227 e. The van der Waals surface area contributed by atoms with Gasteiger partial charge < -0.3 is 9.73 Å². The van der Waals surface area contributed by atoms with Crippen LogP contribution in [-0.2, 0) is 14.8 Å². The Balaban J connectivity index is 1.61. The van der Waals surface area contributed by atoms with Gasteiger partial charge in [-0.25, -0.2) is 18.1 Å². The number of benzene rings is 1. The van der Waals surface area contributed by atoms with Gasteiger partial charge >= 0.3 is 0 Å². The first-order valence-corrected chi connectivity index (χ1v) is 11.5. The van der Waals surface area contributed by atoms with Crippen LogP contribution in [0.15, 0.2) is 35.1 Å². The van der Waals surface area contributed by atoms with Gasteiger partial charge in [-0.15, -0.1) is 0 Å². The molecule has 7 nitrogen and oxygen atoms in total. The lowest BCUT2D eigenvalue weighted by atomic mass is 9.79. The van der Waals surface area contributed by atoms with Crippen LogP contribution in [0.2, 0.25) is 0 Å². The number of aryl methyl sites for hydroxylation is 1. The highest BCUT2D eigenvalue weighted by atomic mass is 32.2. The van der Waals surface area contributed by atoms with E-state index in [1.54, 1.807) is 20.0 Å². The van der Waals surface area contributed by atoms with Gasteiger partial charge in [0, 0.05) is 23.2 Å². The summed E-state index contributed by atoms with van der Waals surface area (Å²) < 4.78 is 32.4. The topological polar surface area (TPSA) is 101 Å². The molecule has 158 valence electrons. The van der Waals surface area contributed by atoms with Crippen molar-refractivity contribution in [2.24, 2.45) is 11.8 Å². The van der Waals surface area contributed by atoms with Gasteiger partial charge in [-0.3, -0.25) is 4.79 Å². The number of anilines is 1. The van der Waals surface area contributed by atoms with Crippen molar-refractivity contribution in [2.75, 3.05) is 5.32 Å². The average molecular weight is 420 g/mol. The lowest BCUT2D eigenvalue weighted by Crippen LogP contribution is -2.46. The molecule has 1 unspecified atom stereocenters. The second-order valence-electron chi connectivity index (χ2n) is 8.16. The fraction of sp³-hybridized carbons (Fsp3) is 0.524. The highest BCUT2D eigenvalue weighted by Gasteiger charge is 2.34. The molecule has 2 N–H and O–H groups in total. The van der Waals surface area contributed by atoms with Crippen LogP contribution < -0.4 is 10.0 Å². The van der Waals surface area contributed by atoms with Crippen molar-refractivity contribution < 1.29 is 17.6 Å². The lowest BCUT2D eigenvalue weighted by Gasteiger charge is -2.34. The fourth-order valence-corrected chi connectivity index (χ4v) is 4.74. The number of rotatable bonds is 6. The maximum absolute atomic E-state index is 12.8. The minimum atomic E-state index is -3.31. The molecule has 2 aromatic rings. The summed E-state index contributed by atoms with van der Waals surface area (Å²) >= 11 is 0. The van der Waals surface area contributed by atoms with Gasteiger partial charge in [-0.2, -0.15) is 0 Å². The Hall–Kier alpha value is -2.19. The highest BCUT2D eigenvalue weighted by molar-refractivity contribution is 7.90. The molecule has 1 aromatic heterocycles. The molecule has 1 aliphatic rings. The zero-order chi connectivity index (χ0) is 21.2. The third kappa shape index (κ3) is 5.05. The molecular weight excluding hydrogens is 390 g/mol. The van der Waals surface area contributed by atoms with E-state index in [2.05, 4.69) is 15.0 Å². The molecule has 8 heteroatoms. The van der Waals surface area contributed by atoms with Crippen molar-refractivity contribution in [2.45, 2.75) is 58.2 Å². The SMILES string of the molecule is Cc1cc(-c2ncco2)ccc1NC(=O)[C@@H]1CC[C@@H](NS(=O)(=O)C(C)C)C(C)C1. The van der Waals surface area contributed by atoms with Gasteiger partial charge in [-0.05, 0) is 69.7 Å². The van der Waals surface area contributed by atoms with E-state index in [1.165, 1.54) is 6.26 Å². The molecule has 29 heavy (non-hydrogen) atoms. The molecule has 1 amide bonds. The number of amides is 1. The van der Waals surface area contributed by atoms with E-state index in [0.717, 1.165) is 16.8 Å². The van der Waals surface area contributed by atoms with Gasteiger partial charge in [-0.1, -0.05) is 6.92 Å². The van der Waals surface area contributed by atoms with E-state index >= 15 is 0 Å². The van der Waals surface area contributed by atoms with Crippen molar-refractivity contribution in [3.05, 3.63) is 36.2 Å². The largest absolute Gasteiger partial charge is 0.445 e. The zero-order valence-corrected chi connectivity index (χ0v) is 18.1. The van der Waals surface area contributed by atoms with Crippen molar-refractivity contribution in [3.63, 3.8) is 0 Å². The van der Waals surface area contributed by atoms with Crippen molar-refractivity contribution in [1.29, 1.82) is 0 Å². The molecule has 1 saturated carbocycles. The second kappa shape index (κ2) is 8.67. The van der Waals surface area contributed by atoms with E-state index in [9.17, 15) is 13.2 Å². The summed E-state index contributed by atoms with van der Waals surface area (Å²) in [6.45, 7) is 7.27. The third-order valence-electron chi connectivity index (χ3n) is 5.64. The van der Waals surface area contributed by atoms with E-state index in [4.69, 9.17) is 4.42 Å². The Bertz CT molecular complexity index is 954. The first-order valence-electron chi connectivity index (χ1n) is 10.00. The van der Waals surface area contributed by atoms with Crippen LogP contribution in [0.1, 0.15) is 45.6 Å². The van der Waals surface area contributed by atoms with Crippen LogP contribution in [-0.4, -0.2) is 30.6 Å². The van der Waals surface area contributed by atoms with Gasteiger partial charge in [0.05, 0.1) is 11.4 Å². The van der Waals surface area contributed by atoms with E-state index in [1.807, 2.05) is 32.0 Å². The number of aromatic nitrogens is 1. The van der Waals surface area contributed by atoms with Gasteiger partial charge in [0.2, 0.25) is 21.8 Å². The molecule has 1 heterocycles. The summed E-state index contributed by atoms with van der Waals surface area (Å²) in [5.74, 6) is 0.494. The van der Waals surface area contributed by atoms with Crippen LogP contribution in [0.25, 0.3) is 11.5 Å². The number of hydrogen-bond donors (Lipinski definition) is 2. The van der Waals surface area contributed by atoms with Crippen LogP contribution >= 0.6 is 0 Å². The number of sulfonamides is 1. The molecule has 0 saturated heterocycles. The summed E-state index contributed by atoms with van der Waals surface area (Å²) in [6.07, 6.45) is 5.10. The maximum atomic E-state index is 12.8. The molecule has 3 atom stereocenters. The molecule has 3 rings (SSSR count). The molecule has 0 bridgehead atoms. The van der Waals surface area contributed by atoms with E-state index < -0.39 is 15.3 Å². The number of nitrogens with one attached hydrogen (secondary N) is 2. The first-order chi connectivity index (χ1) is 13.7. The van der Waals surface area contributed by atoms with E-state index in [-0.39, 0.29) is 23.8 Å². The fourth-order valence-electron chi connectivity index (χ4n) is 3.69. The summed E-state index contributed by atoms with van der Waals surface area (Å²) in [4.78, 5) is 16.9. The first kappa shape index (κ1) is 21.5. The average Bonchev–Trinajstić information content (AvgIpc) is 3.19. The quantitative estimate of drug-likeness (QED) is 0.743. The van der Waals surface area contributed by atoms with Gasteiger partial charge in [0.15, 0.2) is 0 Å². The van der Waals surface area contributed by atoms with Crippen molar-refractivity contribution in [3.8, 4) is 11.5 Å². The predicted octanol–water partition coefficient (Wildman–Crippen LogP) is 3.72. The summed E-state index contributed by atoms with van der Waals surface area (Å²) in [5, 5.41) is 2.57. The minimum Gasteiger partial charge on any atom is -0.445 e. The van der Waals surface area contributed by atoms with E-state index in [0.29, 0.717) is 25.2 Å². The smallest absolute Gasteiger partial charge is 0.227 e. The monoisotopic (exact) mass is 419 g/mol. The Kier molecular flexibility index (Phi) is 6.43. The van der Waals surface area contributed by atoms with Gasteiger partial charge in [0.25, 0.3) is 0 Å². The molecule has 1 aromatic carbocycles. The Labute approximate surface area is 172 Å². The van der Waals surface area contributed by atoms with Crippen LogP contribution in [0, 0.1) is 18.8 Å². The van der Waals surface area contributed by atoms with Crippen LogP contribution in [0.3, 0.4) is 0 Å². The Morgan fingerprint density at radius 1 is 1.28 bits per heavy atom. The number of oxazole rings is 1. The number of carbonyl (C=O) groups excluding carboxylic acids is 1. The Morgan fingerprint density at radius 3 is 2.62 bits per heavy atom. The predicted molar refractivity (Wildman–Crippen MR) is 113 cm³/mol. The van der Waals surface area contributed by atoms with Crippen molar-refractivity contribution in [1.82, 2.24) is 9.71 Å². The van der Waals surface area contributed by atoms with Crippen molar-refractivity contribution >= 4 is 21.6 Å². The van der Waals surface area contributed by atoms with Crippen LogP contribution in [0.5, 0.6) is 0 Å². The van der Waals surface area contributed by atoms with Crippen LogP contribution in [0.4, 0.5) is 5.69 Å². The molecule has 1 fully saturated rings. The molecule has 1 aliphatic carbocycles. The Morgan fingerprint density at radius 2 is 2.03 bits per heavy atom. The zero-order valence-electron chi connectivity index (χ0n) is 17.3. The molecule has 0 aliphatic heterocycles. The number of carbonyl (C=O) groups is 1. The normalized spacial score (nSPS) is 22.6. The third-order valence-corrected chi connectivity index (χ3v) is 7.51. The lowest BCUT2D eigenvalue weighted by molar-refractivity contribution is -0.121. The number of hydrogen-bond acceptors (Lipinski definition) is 5. The minimum absolute atomic E-state index is 0.0195. The summed E-state index contributed by atoms with van der Waals surface area (Å²) in [6, 6.07) is 5.54. The molecule has 0 radical (unpaired) electrons. The molecule has 0 spiro atoms. The highest BCUT2D eigenvalue weighted by Crippen LogP contribution is 2.31. The van der Waals surface area contributed by atoms with Gasteiger partial charge in [0.1, 0.15) is 6.26 Å². The number of nitrogens with zero attached hydrogens (tertiary/aromatic N) is 1.